The maximum absolute atomic E-state index is 13.3. The fourth-order valence-corrected chi connectivity index (χ4v) is 4.97. The van der Waals surface area contributed by atoms with Gasteiger partial charge < -0.3 is 15.0 Å². The highest BCUT2D eigenvalue weighted by atomic mass is 35.5. The lowest BCUT2D eigenvalue weighted by atomic mass is 10.0. The number of amides is 1. The lowest BCUT2D eigenvalue weighted by Gasteiger charge is -2.31. The van der Waals surface area contributed by atoms with Crippen LogP contribution in [0.2, 0.25) is 5.02 Å². The van der Waals surface area contributed by atoms with Crippen LogP contribution in [0.5, 0.6) is 5.75 Å². The van der Waals surface area contributed by atoms with Crippen LogP contribution in [-0.4, -0.2) is 67.2 Å². The Morgan fingerprint density at radius 1 is 1.25 bits per heavy atom. The molecule has 0 atom stereocenters. The highest BCUT2D eigenvalue weighted by molar-refractivity contribution is 6.31. The number of carbonyl (C=O) groups is 2. The Bertz CT molecular complexity index is 1520. The molecule has 3 aromatic heterocycles. The molecule has 1 fully saturated rings. The molecular formula is C27H28ClF2N7O3. The van der Waals surface area contributed by atoms with Gasteiger partial charge in [0.2, 0.25) is 0 Å². The van der Waals surface area contributed by atoms with Crippen molar-refractivity contribution < 1.29 is 23.1 Å². The standard InChI is InChI=1S/C27H28ClF2N7O3/c1-2-19(38)8-13-35-11-6-18(7-12-35)37-16-22(33-26(39)21-15-32-36-10-3-9-31-25(21)36)24(34-37)20-14-17(28)4-5-23(20)40-27(29)30/h3-5,9-10,14-16,18,27H,2,6-8,11-13H2,1H3,(H,33,39). The number of Topliss-reactive ketones (excluding diaryl/α,β-unsaturated/α-hetero) is 1. The average Bonchev–Trinajstić information content (AvgIpc) is 3.57. The molecule has 1 aliphatic heterocycles. The van der Waals surface area contributed by atoms with Crippen LogP contribution in [0.1, 0.15) is 49.0 Å². The minimum atomic E-state index is -3.06. The van der Waals surface area contributed by atoms with Crippen LogP contribution in [0.4, 0.5) is 14.5 Å². The Kier molecular flexibility index (Phi) is 8.36. The molecule has 1 aromatic carbocycles. The molecule has 13 heteroatoms. The van der Waals surface area contributed by atoms with E-state index in [-0.39, 0.29) is 34.4 Å². The molecule has 1 aliphatic rings. The number of carbonyl (C=O) groups excluding carboxylic acids is 2. The summed E-state index contributed by atoms with van der Waals surface area (Å²) in [6.07, 6.45) is 8.93. The number of hydrogen-bond acceptors (Lipinski definition) is 7. The molecule has 10 nitrogen and oxygen atoms in total. The number of ether oxygens (including phenoxy) is 1. The van der Waals surface area contributed by atoms with Gasteiger partial charge in [-0.15, -0.1) is 0 Å². The number of rotatable bonds is 10. The molecule has 0 saturated carbocycles. The van der Waals surface area contributed by atoms with Gasteiger partial charge in [0.25, 0.3) is 5.91 Å². The van der Waals surface area contributed by atoms with E-state index in [1.165, 1.54) is 28.9 Å². The summed E-state index contributed by atoms with van der Waals surface area (Å²) in [5, 5.41) is 12.1. The van der Waals surface area contributed by atoms with Crippen molar-refractivity contribution in [3.8, 4) is 17.0 Å². The zero-order valence-corrected chi connectivity index (χ0v) is 22.5. The number of benzene rings is 1. The summed E-state index contributed by atoms with van der Waals surface area (Å²) in [6, 6.07) is 5.97. The van der Waals surface area contributed by atoms with Gasteiger partial charge in [-0.2, -0.15) is 19.0 Å². The van der Waals surface area contributed by atoms with Crippen LogP contribution in [-0.2, 0) is 4.79 Å². The van der Waals surface area contributed by atoms with E-state index in [0.29, 0.717) is 29.2 Å². The van der Waals surface area contributed by atoms with Gasteiger partial charge in [0.15, 0.2) is 5.65 Å². The first kappa shape index (κ1) is 27.7. The van der Waals surface area contributed by atoms with Crippen molar-refractivity contribution in [1.82, 2.24) is 29.3 Å². The summed E-state index contributed by atoms with van der Waals surface area (Å²) in [4.78, 5) is 31.5. The molecule has 0 bridgehead atoms. The van der Waals surface area contributed by atoms with Crippen molar-refractivity contribution in [2.45, 2.75) is 45.3 Å². The number of fused-ring (bicyclic) bond motifs is 1. The molecular weight excluding hydrogens is 544 g/mol. The Labute approximate surface area is 233 Å². The van der Waals surface area contributed by atoms with E-state index >= 15 is 0 Å². The molecule has 4 aromatic rings. The third-order valence-electron chi connectivity index (χ3n) is 6.95. The minimum Gasteiger partial charge on any atom is -0.434 e. The molecule has 1 N–H and O–H groups in total. The SMILES string of the molecule is CCC(=O)CCN1CCC(n2cc(NC(=O)c3cnn4cccnc34)c(-c3cc(Cl)ccc3OC(F)F)n2)CC1. The van der Waals surface area contributed by atoms with Crippen LogP contribution in [0.25, 0.3) is 16.9 Å². The van der Waals surface area contributed by atoms with Gasteiger partial charge >= 0.3 is 6.61 Å². The number of halogens is 3. The van der Waals surface area contributed by atoms with Gasteiger partial charge in [-0.3, -0.25) is 14.3 Å². The van der Waals surface area contributed by atoms with E-state index in [1.807, 2.05) is 6.92 Å². The Hall–Kier alpha value is -3.90. The van der Waals surface area contributed by atoms with Crippen molar-refractivity contribution in [2.75, 3.05) is 25.0 Å². The van der Waals surface area contributed by atoms with Gasteiger partial charge in [-0.05, 0) is 37.1 Å². The predicted molar refractivity (Wildman–Crippen MR) is 145 cm³/mol. The van der Waals surface area contributed by atoms with E-state index in [9.17, 15) is 18.4 Å². The zero-order valence-electron chi connectivity index (χ0n) is 21.8. The van der Waals surface area contributed by atoms with Gasteiger partial charge in [-0.1, -0.05) is 18.5 Å². The van der Waals surface area contributed by atoms with E-state index in [0.717, 1.165) is 32.5 Å². The van der Waals surface area contributed by atoms with Crippen LogP contribution in [0, 0.1) is 0 Å². The number of alkyl halides is 2. The second kappa shape index (κ2) is 12.1. The second-order valence-corrected chi connectivity index (χ2v) is 9.94. The van der Waals surface area contributed by atoms with Gasteiger partial charge in [0.1, 0.15) is 22.8 Å². The van der Waals surface area contributed by atoms with E-state index in [4.69, 9.17) is 21.4 Å². The summed E-state index contributed by atoms with van der Waals surface area (Å²) in [7, 11) is 0. The average molecular weight is 572 g/mol. The molecule has 0 unspecified atom stereocenters. The van der Waals surface area contributed by atoms with Crippen molar-refractivity contribution in [1.29, 1.82) is 0 Å². The number of nitrogens with zero attached hydrogens (tertiary/aromatic N) is 6. The molecule has 1 saturated heterocycles. The number of piperidine rings is 1. The normalized spacial score (nSPS) is 14.6. The summed E-state index contributed by atoms with van der Waals surface area (Å²) < 4.78 is 34.5. The maximum atomic E-state index is 13.3. The van der Waals surface area contributed by atoms with Crippen LogP contribution < -0.4 is 10.1 Å². The Morgan fingerprint density at radius 2 is 2.05 bits per heavy atom. The molecule has 40 heavy (non-hydrogen) atoms. The zero-order chi connectivity index (χ0) is 28.2. The smallest absolute Gasteiger partial charge is 0.387 e. The Morgan fingerprint density at radius 3 is 2.80 bits per heavy atom. The van der Waals surface area contributed by atoms with Gasteiger partial charge in [0, 0.05) is 61.7 Å². The fourth-order valence-electron chi connectivity index (χ4n) is 4.80. The maximum Gasteiger partial charge on any atom is 0.387 e. The molecule has 210 valence electrons. The quantitative estimate of drug-likeness (QED) is 0.282. The predicted octanol–water partition coefficient (Wildman–Crippen LogP) is 5.11. The second-order valence-electron chi connectivity index (χ2n) is 9.51. The number of ketones is 1. The molecule has 4 heterocycles. The first-order chi connectivity index (χ1) is 19.3. The number of nitrogens with one attached hydrogen (secondary N) is 1. The number of likely N-dealkylation sites (tertiary alicyclic amines) is 1. The molecule has 5 rings (SSSR count). The van der Waals surface area contributed by atoms with Crippen molar-refractivity contribution >= 4 is 34.6 Å². The number of aromatic nitrogens is 5. The minimum absolute atomic E-state index is 0.000163. The molecule has 0 spiro atoms. The van der Waals surface area contributed by atoms with Crippen LogP contribution >= 0.6 is 11.6 Å². The van der Waals surface area contributed by atoms with Crippen LogP contribution in [0.3, 0.4) is 0 Å². The van der Waals surface area contributed by atoms with Crippen molar-refractivity contribution in [3.05, 3.63) is 59.6 Å². The number of hydrogen-bond donors (Lipinski definition) is 1. The first-order valence-electron chi connectivity index (χ1n) is 13.0. The van der Waals surface area contributed by atoms with E-state index in [1.54, 1.807) is 29.3 Å². The largest absolute Gasteiger partial charge is 0.434 e. The first-order valence-corrected chi connectivity index (χ1v) is 13.4. The monoisotopic (exact) mass is 571 g/mol. The Balaban J connectivity index is 1.45. The third-order valence-corrected chi connectivity index (χ3v) is 7.18. The highest BCUT2D eigenvalue weighted by Crippen LogP contribution is 2.38. The molecule has 0 aliphatic carbocycles. The van der Waals surface area contributed by atoms with E-state index < -0.39 is 12.5 Å². The highest BCUT2D eigenvalue weighted by Gasteiger charge is 2.26. The summed E-state index contributed by atoms with van der Waals surface area (Å²) in [6.45, 7) is 1.08. The summed E-state index contributed by atoms with van der Waals surface area (Å²) in [5.41, 5.74) is 1.37. The fraction of sp³-hybridized carbons (Fsp3) is 0.370. The number of anilines is 1. The van der Waals surface area contributed by atoms with Gasteiger partial charge in [0.05, 0.1) is 17.9 Å². The van der Waals surface area contributed by atoms with Crippen molar-refractivity contribution in [3.63, 3.8) is 0 Å². The topological polar surface area (TPSA) is 107 Å². The summed E-state index contributed by atoms with van der Waals surface area (Å²) in [5.74, 6) is -0.361. The lowest BCUT2D eigenvalue weighted by Crippen LogP contribution is -2.36. The third kappa shape index (κ3) is 6.13. The van der Waals surface area contributed by atoms with Crippen LogP contribution in [0.15, 0.2) is 49.1 Å². The van der Waals surface area contributed by atoms with E-state index in [2.05, 4.69) is 20.3 Å². The molecule has 1 amide bonds. The molecule has 0 radical (unpaired) electrons. The lowest BCUT2D eigenvalue weighted by molar-refractivity contribution is -0.119. The van der Waals surface area contributed by atoms with Gasteiger partial charge in [-0.25, -0.2) is 9.50 Å². The summed E-state index contributed by atoms with van der Waals surface area (Å²) >= 11 is 6.23. The van der Waals surface area contributed by atoms with Crippen molar-refractivity contribution in [2.24, 2.45) is 0 Å².